The van der Waals surface area contributed by atoms with Gasteiger partial charge in [0.15, 0.2) is 17.3 Å². The molecule has 0 aliphatic carbocycles. The van der Waals surface area contributed by atoms with E-state index in [-0.39, 0.29) is 12.6 Å². The summed E-state index contributed by atoms with van der Waals surface area (Å²) < 4.78 is 10.7. The van der Waals surface area contributed by atoms with Crippen molar-refractivity contribution in [1.29, 1.82) is 0 Å². The Kier molecular flexibility index (Phi) is 4.57. The van der Waals surface area contributed by atoms with E-state index in [0.29, 0.717) is 23.9 Å². The third kappa shape index (κ3) is 3.98. The van der Waals surface area contributed by atoms with Crippen LogP contribution in [0.15, 0.2) is 54.7 Å². The van der Waals surface area contributed by atoms with Gasteiger partial charge in [-0.2, -0.15) is 4.98 Å². The number of fused-ring (bicyclic) bond motifs is 1. The van der Waals surface area contributed by atoms with Gasteiger partial charge in [0.2, 0.25) is 12.7 Å². The molecule has 2 N–H and O–H groups in total. The van der Waals surface area contributed by atoms with E-state index >= 15 is 0 Å². The number of aromatic nitrogens is 2. The summed E-state index contributed by atoms with van der Waals surface area (Å²) >= 11 is 0. The van der Waals surface area contributed by atoms with Crippen LogP contribution in [0.25, 0.3) is 0 Å². The van der Waals surface area contributed by atoms with E-state index in [4.69, 9.17) is 9.47 Å². The van der Waals surface area contributed by atoms with Gasteiger partial charge in [0.25, 0.3) is 0 Å². The number of hydrogen-bond acceptors (Lipinski definition) is 7. The summed E-state index contributed by atoms with van der Waals surface area (Å²) in [4.78, 5) is 20.2. The van der Waals surface area contributed by atoms with Crippen LogP contribution >= 0.6 is 0 Å². The molecule has 2 aromatic carbocycles. The van der Waals surface area contributed by atoms with Gasteiger partial charge >= 0.3 is 0 Å². The van der Waals surface area contributed by atoms with Crippen molar-refractivity contribution in [3.8, 4) is 11.5 Å². The minimum absolute atomic E-state index is 0.0208. The fraction of sp³-hybridized carbons (Fsp3) is 0.150. The normalized spacial score (nSPS) is 11.9. The Hall–Kier alpha value is -3.61. The van der Waals surface area contributed by atoms with Crippen molar-refractivity contribution in [1.82, 2.24) is 9.97 Å². The minimum atomic E-state index is 0.0208. The van der Waals surface area contributed by atoms with Crippen molar-refractivity contribution in [2.24, 2.45) is 0 Å². The summed E-state index contributed by atoms with van der Waals surface area (Å²) in [7, 11) is 0. The zero-order valence-corrected chi connectivity index (χ0v) is 14.7. The zero-order chi connectivity index (χ0) is 18.6. The maximum absolute atomic E-state index is 11.5. The van der Waals surface area contributed by atoms with E-state index in [1.54, 1.807) is 31.3 Å². The second kappa shape index (κ2) is 7.33. The van der Waals surface area contributed by atoms with Crippen molar-refractivity contribution in [2.75, 3.05) is 17.4 Å². The summed E-state index contributed by atoms with van der Waals surface area (Å²) in [5.41, 5.74) is 2.48. The van der Waals surface area contributed by atoms with Gasteiger partial charge in [-0.1, -0.05) is 18.2 Å². The lowest BCUT2D eigenvalue weighted by atomic mass is 10.1. The Morgan fingerprint density at radius 3 is 2.89 bits per heavy atom. The smallest absolute Gasteiger partial charge is 0.231 e. The van der Waals surface area contributed by atoms with E-state index in [1.807, 2.05) is 30.3 Å². The number of Topliss-reactive ketones (excluding diaryl/α,β-unsaturated/α-hetero) is 1. The Balaban J connectivity index is 1.43. The van der Waals surface area contributed by atoms with E-state index in [2.05, 4.69) is 20.6 Å². The molecule has 1 aliphatic heterocycles. The molecule has 0 amide bonds. The van der Waals surface area contributed by atoms with Crippen LogP contribution in [0.4, 0.5) is 17.5 Å². The predicted octanol–water partition coefficient (Wildman–Crippen LogP) is 3.76. The maximum Gasteiger partial charge on any atom is 0.231 e. The molecule has 136 valence electrons. The van der Waals surface area contributed by atoms with Crippen LogP contribution in [0.2, 0.25) is 0 Å². The molecule has 1 aliphatic rings. The predicted molar refractivity (Wildman–Crippen MR) is 102 cm³/mol. The van der Waals surface area contributed by atoms with Crippen molar-refractivity contribution >= 4 is 23.2 Å². The van der Waals surface area contributed by atoms with Crippen molar-refractivity contribution < 1.29 is 14.3 Å². The highest BCUT2D eigenvalue weighted by molar-refractivity contribution is 5.95. The van der Waals surface area contributed by atoms with Crippen LogP contribution in [-0.4, -0.2) is 22.5 Å². The second-order valence-corrected chi connectivity index (χ2v) is 6.07. The number of nitrogens with zero attached hydrogens (tertiary/aromatic N) is 2. The third-order valence-electron chi connectivity index (χ3n) is 4.08. The first-order valence-corrected chi connectivity index (χ1v) is 8.51. The number of carbonyl (C=O) groups excluding carboxylic acids is 1. The fourth-order valence-electron chi connectivity index (χ4n) is 2.71. The Bertz CT molecular complexity index is 990. The highest BCUT2D eigenvalue weighted by atomic mass is 16.7. The summed E-state index contributed by atoms with van der Waals surface area (Å²) in [5.74, 6) is 2.66. The van der Waals surface area contributed by atoms with Gasteiger partial charge in [-0.05, 0) is 42.8 Å². The molecular weight excluding hydrogens is 344 g/mol. The number of nitrogens with one attached hydrogen (secondary N) is 2. The van der Waals surface area contributed by atoms with E-state index in [0.717, 1.165) is 22.7 Å². The fourth-order valence-corrected chi connectivity index (χ4v) is 2.71. The van der Waals surface area contributed by atoms with Crippen LogP contribution < -0.4 is 20.1 Å². The molecular formula is C20H18N4O3. The van der Waals surface area contributed by atoms with Crippen LogP contribution in [0.1, 0.15) is 22.8 Å². The molecule has 3 aromatic rings. The molecule has 4 rings (SSSR count). The van der Waals surface area contributed by atoms with Crippen LogP contribution in [0.5, 0.6) is 11.5 Å². The Labute approximate surface area is 156 Å². The van der Waals surface area contributed by atoms with Gasteiger partial charge in [0.1, 0.15) is 5.82 Å². The molecule has 0 fully saturated rings. The minimum Gasteiger partial charge on any atom is -0.454 e. The summed E-state index contributed by atoms with van der Waals surface area (Å²) in [5, 5.41) is 6.39. The second-order valence-electron chi connectivity index (χ2n) is 6.07. The molecule has 1 aromatic heterocycles. The topological polar surface area (TPSA) is 85.4 Å². The average Bonchev–Trinajstić information content (AvgIpc) is 3.15. The molecule has 2 heterocycles. The number of benzene rings is 2. The van der Waals surface area contributed by atoms with Gasteiger partial charge in [0.05, 0.1) is 0 Å². The van der Waals surface area contributed by atoms with Gasteiger partial charge in [-0.25, -0.2) is 4.98 Å². The van der Waals surface area contributed by atoms with Crippen LogP contribution in [0, 0.1) is 0 Å². The van der Waals surface area contributed by atoms with Gasteiger partial charge < -0.3 is 20.1 Å². The van der Waals surface area contributed by atoms with Crippen molar-refractivity contribution in [2.45, 2.75) is 13.5 Å². The van der Waals surface area contributed by atoms with Gasteiger partial charge in [-0.3, -0.25) is 4.79 Å². The highest BCUT2D eigenvalue weighted by Crippen LogP contribution is 2.32. The molecule has 0 saturated heterocycles. The molecule has 0 atom stereocenters. The lowest BCUT2D eigenvalue weighted by Gasteiger charge is -2.09. The molecule has 27 heavy (non-hydrogen) atoms. The highest BCUT2D eigenvalue weighted by Gasteiger charge is 2.13. The first kappa shape index (κ1) is 16.8. The summed E-state index contributed by atoms with van der Waals surface area (Å²) in [6, 6.07) is 14.9. The lowest BCUT2D eigenvalue weighted by Crippen LogP contribution is -2.05. The standard InChI is InChI=1S/C20H18N4O3/c1-13(25)15-3-2-4-16(10-15)23-19-7-8-21-20(24-19)22-11-14-5-6-17-18(9-14)27-12-26-17/h2-10H,11-12H2,1H3,(H2,21,22,23,24). The molecule has 7 nitrogen and oxygen atoms in total. The van der Waals surface area contributed by atoms with Crippen molar-refractivity contribution in [3.63, 3.8) is 0 Å². The largest absolute Gasteiger partial charge is 0.454 e. The van der Waals surface area contributed by atoms with Crippen molar-refractivity contribution in [3.05, 3.63) is 65.9 Å². The maximum atomic E-state index is 11.5. The molecule has 7 heteroatoms. The first-order chi connectivity index (χ1) is 13.2. The molecule has 0 spiro atoms. The van der Waals surface area contributed by atoms with Crippen LogP contribution in [0.3, 0.4) is 0 Å². The first-order valence-electron chi connectivity index (χ1n) is 8.51. The number of ether oxygens (including phenoxy) is 2. The quantitative estimate of drug-likeness (QED) is 0.646. The van der Waals surface area contributed by atoms with E-state index in [1.165, 1.54) is 0 Å². The lowest BCUT2D eigenvalue weighted by molar-refractivity contribution is 0.101. The number of rotatable bonds is 6. The third-order valence-corrected chi connectivity index (χ3v) is 4.08. The summed E-state index contributed by atoms with van der Waals surface area (Å²) in [6.45, 7) is 2.36. The van der Waals surface area contributed by atoms with Gasteiger partial charge in [0, 0.05) is 24.0 Å². The number of hydrogen-bond donors (Lipinski definition) is 2. The molecule has 0 unspecified atom stereocenters. The number of carbonyl (C=O) groups is 1. The zero-order valence-electron chi connectivity index (χ0n) is 14.7. The van der Waals surface area contributed by atoms with E-state index < -0.39 is 0 Å². The monoisotopic (exact) mass is 362 g/mol. The Morgan fingerprint density at radius 1 is 1.11 bits per heavy atom. The Morgan fingerprint density at radius 2 is 2.00 bits per heavy atom. The van der Waals surface area contributed by atoms with Crippen LogP contribution in [-0.2, 0) is 6.54 Å². The van der Waals surface area contributed by atoms with E-state index in [9.17, 15) is 4.79 Å². The molecule has 0 bridgehead atoms. The SMILES string of the molecule is CC(=O)c1cccc(Nc2ccnc(NCc3ccc4c(c3)OCO4)n2)c1. The molecule has 0 saturated carbocycles. The average molecular weight is 362 g/mol. The van der Waals surface area contributed by atoms with Gasteiger partial charge in [-0.15, -0.1) is 0 Å². The number of anilines is 3. The molecule has 0 radical (unpaired) electrons. The number of ketones is 1. The summed E-state index contributed by atoms with van der Waals surface area (Å²) in [6.07, 6.45) is 1.67.